The topological polar surface area (TPSA) is 95.9 Å². The van der Waals surface area contributed by atoms with Crippen LogP contribution in [0.25, 0.3) is 11.1 Å². The van der Waals surface area contributed by atoms with Crippen LogP contribution in [0.1, 0.15) is 56.6 Å². The molecule has 0 aromatic heterocycles. The summed E-state index contributed by atoms with van der Waals surface area (Å²) in [6, 6.07) is 16.3. The largest absolute Gasteiger partial charge is 0.481 e. The Morgan fingerprint density at radius 1 is 1.06 bits per heavy atom. The predicted molar refractivity (Wildman–Crippen MR) is 133 cm³/mol. The highest BCUT2D eigenvalue weighted by molar-refractivity contribution is 5.79. The molecule has 0 spiro atoms. The molecule has 7 nitrogen and oxygen atoms in total. The van der Waals surface area contributed by atoms with E-state index in [1.54, 1.807) is 4.90 Å². The summed E-state index contributed by atoms with van der Waals surface area (Å²) in [5, 5.41) is 11.9. The van der Waals surface area contributed by atoms with Crippen LogP contribution in [0.4, 0.5) is 4.79 Å². The van der Waals surface area contributed by atoms with Gasteiger partial charge in [-0.3, -0.25) is 9.59 Å². The minimum Gasteiger partial charge on any atom is -0.481 e. The molecule has 1 saturated heterocycles. The van der Waals surface area contributed by atoms with E-state index in [4.69, 9.17) is 9.84 Å². The van der Waals surface area contributed by atoms with Gasteiger partial charge < -0.3 is 20.1 Å². The number of nitrogens with one attached hydrogen (secondary N) is 1. The third-order valence-electron chi connectivity index (χ3n) is 7.29. The predicted octanol–water partition coefficient (Wildman–Crippen LogP) is 4.65. The zero-order chi connectivity index (χ0) is 24.9. The zero-order valence-corrected chi connectivity index (χ0v) is 20.4. The van der Waals surface area contributed by atoms with E-state index in [0.29, 0.717) is 32.4 Å². The van der Waals surface area contributed by atoms with Gasteiger partial charge in [-0.25, -0.2) is 4.79 Å². The minimum absolute atomic E-state index is 0.0191. The first-order valence-electron chi connectivity index (χ1n) is 12.4. The van der Waals surface area contributed by atoms with Crippen LogP contribution in [-0.4, -0.2) is 53.7 Å². The molecule has 2 aliphatic rings. The van der Waals surface area contributed by atoms with Crippen LogP contribution in [0.15, 0.2) is 48.5 Å². The summed E-state index contributed by atoms with van der Waals surface area (Å²) in [6.45, 7) is 5.31. The van der Waals surface area contributed by atoms with Crippen LogP contribution in [0.5, 0.6) is 0 Å². The number of aliphatic carboxylic acids is 1. The summed E-state index contributed by atoms with van der Waals surface area (Å²) in [5.41, 5.74) is 4.73. The molecule has 0 saturated carbocycles. The molecule has 2 N–H and O–H groups in total. The maximum Gasteiger partial charge on any atom is 0.407 e. The van der Waals surface area contributed by atoms with Gasteiger partial charge in [0.15, 0.2) is 0 Å². The monoisotopic (exact) mass is 478 g/mol. The van der Waals surface area contributed by atoms with E-state index in [0.717, 1.165) is 0 Å². The van der Waals surface area contributed by atoms with Crippen molar-refractivity contribution in [2.75, 3.05) is 19.7 Å². The number of likely N-dealkylation sites (tertiary alicyclic amines) is 1. The number of fused-ring (bicyclic) bond motifs is 3. The molecule has 2 aromatic rings. The number of hydrogen-bond acceptors (Lipinski definition) is 4. The first-order valence-corrected chi connectivity index (χ1v) is 12.4. The van der Waals surface area contributed by atoms with E-state index in [-0.39, 0.29) is 42.7 Å². The van der Waals surface area contributed by atoms with E-state index in [1.165, 1.54) is 22.3 Å². The van der Waals surface area contributed by atoms with Crippen molar-refractivity contribution in [1.82, 2.24) is 10.2 Å². The normalized spacial score (nSPS) is 19.7. The number of amides is 2. The maximum absolute atomic E-state index is 12.5. The first kappa shape index (κ1) is 24.8. The summed E-state index contributed by atoms with van der Waals surface area (Å²) < 4.78 is 5.60. The number of carbonyl (C=O) groups is 3. The van der Waals surface area contributed by atoms with Crippen molar-refractivity contribution in [2.24, 2.45) is 11.8 Å². The summed E-state index contributed by atoms with van der Waals surface area (Å²) in [4.78, 5) is 37.8. The molecule has 1 aliphatic carbocycles. The first-order chi connectivity index (χ1) is 16.8. The quantitative estimate of drug-likeness (QED) is 0.547. The molecular formula is C28H34N2O5. The Balaban J connectivity index is 1.19. The van der Waals surface area contributed by atoms with Crippen molar-refractivity contribution < 1.29 is 24.2 Å². The maximum atomic E-state index is 12.5. The lowest BCUT2D eigenvalue weighted by atomic mass is 9.95. The number of ether oxygens (including phenoxy) is 1. The van der Waals surface area contributed by atoms with E-state index in [1.807, 2.05) is 38.1 Å². The molecule has 1 heterocycles. The Morgan fingerprint density at radius 2 is 1.69 bits per heavy atom. The van der Waals surface area contributed by atoms with Gasteiger partial charge in [0, 0.05) is 31.5 Å². The Hall–Kier alpha value is -3.35. The van der Waals surface area contributed by atoms with Crippen molar-refractivity contribution >= 4 is 18.0 Å². The summed E-state index contributed by atoms with van der Waals surface area (Å²) in [7, 11) is 0. The Bertz CT molecular complexity index is 1040. The van der Waals surface area contributed by atoms with Crippen molar-refractivity contribution in [3.63, 3.8) is 0 Å². The molecule has 3 atom stereocenters. The lowest BCUT2D eigenvalue weighted by molar-refractivity contribution is -0.138. The number of hydrogen-bond donors (Lipinski definition) is 2. The molecule has 7 heteroatoms. The van der Waals surface area contributed by atoms with Crippen LogP contribution in [-0.2, 0) is 14.3 Å². The Kier molecular flexibility index (Phi) is 7.73. The van der Waals surface area contributed by atoms with Gasteiger partial charge in [0.1, 0.15) is 6.61 Å². The molecule has 0 radical (unpaired) electrons. The van der Waals surface area contributed by atoms with Gasteiger partial charge in [-0.05, 0) is 53.9 Å². The van der Waals surface area contributed by atoms with Gasteiger partial charge in [-0.15, -0.1) is 0 Å². The fraction of sp³-hybridized carbons (Fsp3) is 0.464. The number of alkyl carbamates (subject to hydrolysis) is 1. The average Bonchev–Trinajstić information content (AvgIpc) is 3.35. The van der Waals surface area contributed by atoms with Gasteiger partial charge in [-0.1, -0.05) is 55.5 Å². The lowest BCUT2D eigenvalue weighted by Crippen LogP contribution is -2.34. The van der Waals surface area contributed by atoms with Crippen LogP contribution in [0, 0.1) is 11.8 Å². The van der Waals surface area contributed by atoms with Crippen molar-refractivity contribution in [3.05, 3.63) is 59.7 Å². The summed E-state index contributed by atoms with van der Waals surface area (Å²) in [5.74, 6) is -0.522. The van der Waals surface area contributed by atoms with Crippen molar-refractivity contribution in [2.45, 2.75) is 51.5 Å². The fourth-order valence-corrected chi connectivity index (χ4v) is 5.36. The van der Waals surface area contributed by atoms with Crippen LogP contribution >= 0.6 is 0 Å². The van der Waals surface area contributed by atoms with Gasteiger partial charge >= 0.3 is 12.1 Å². The lowest BCUT2D eigenvalue weighted by Gasteiger charge is -2.18. The molecule has 2 amide bonds. The molecule has 3 unspecified atom stereocenters. The van der Waals surface area contributed by atoms with Crippen LogP contribution < -0.4 is 5.32 Å². The standard InChI is InChI=1S/C28H34N2O5/c1-18-15-30(16-20(18)14-27(32)33)26(31)13-7-8-19(2)29-28(34)35-17-25-23-11-5-3-9-21(23)22-10-4-6-12-24(22)25/h3-6,9-12,18-20,25H,7-8,13-17H2,1-2H3,(H,29,34)(H,32,33). The third-order valence-corrected chi connectivity index (χ3v) is 7.29. The van der Waals surface area contributed by atoms with Crippen molar-refractivity contribution in [1.29, 1.82) is 0 Å². The highest BCUT2D eigenvalue weighted by Crippen LogP contribution is 2.44. The third kappa shape index (κ3) is 5.84. The molecule has 1 aliphatic heterocycles. The summed E-state index contributed by atoms with van der Waals surface area (Å²) in [6.07, 6.45) is 1.36. The number of carboxylic acid groups (broad SMARTS) is 1. The second-order valence-corrected chi connectivity index (χ2v) is 9.90. The van der Waals surface area contributed by atoms with Crippen molar-refractivity contribution in [3.8, 4) is 11.1 Å². The van der Waals surface area contributed by atoms with Gasteiger partial charge in [0.05, 0.1) is 6.42 Å². The smallest absolute Gasteiger partial charge is 0.407 e. The fourth-order valence-electron chi connectivity index (χ4n) is 5.36. The van der Waals surface area contributed by atoms with E-state index >= 15 is 0 Å². The van der Waals surface area contributed by atoms with E-state index < -0.39 is 12.1 Å². The average molecular weight is 479 g/mol. The summed E-state index contributed by atoms with van der Waals surface area (Å²) >= 11 is 0. The molecule has 2 aromatic carbocycles. The number of carboxylic acids is 1. The van der Waals surface area contributed by atoms with Crippen LogP contribution in [0.3, 0.4) is 0 Å². The zero-order valence-electron chi connectivity index (χ0n) is 20.4. The Morgan fingerprint density at radius 3 is 2.31 bits per heavy atom. The highest BCUT2D eigenvalue weighted by atomic mass is 16.5. The number of rotatable bonds is 9. The number of carbonyl (C=O) groups excluding carboxylic acids is 2. The van der Waals surface area contributed by atoms with Gasteiger partial charge in [-0.2, -0.15) is 0 Å². The minimum atomic E-state index is -0.815. The Labute approximate surface area is 206 Å². The molecule has 186 valence electrons. The molecule has 1 fully saturated rings. The van der Waals surface area contributed by atoms with Gasteiger partial charge in [0.25, 0.3) is 0 Å². The van der Waals surface area contributed by atoms with E-state index in [9.17, 15) is 14.4 Å². The second kappa shape index (κ2) is 10.9. The van der Waals surface area contributed by atoms with Crippen LogP contribution in [0.2, 0.25) is 0 Å². The molecule has 4 rings (SSSR count). The second-order valence-electron chi connectivity index (χ2n) is 9.90. The molecular weight excluding hydrogens is 444 g/mol. The molecule has 35 heavy (non-hydrogen) atoms. The van der Waals surface area contributed by atoms with Gasteiger partial charge in [0.2, 0.25) is 5.91 Å². The number of benzene rings is 2. The molecule has 0 bridgehead atoms. The van der Waals surface area contributed by atoms with E-state index in [2.05, 4.69) is 29.6 Å². The SMILES string of the molecule is CC(CCCC(=O)N1CC(C)C(CC(=O)O)C1)NC(=O)OCC1c2ccccc2-c2ccccc21. The highest BCUT2D eigenvalue weighted by Gasteiger charge is 2.33. The number of nitrogens with zero attached hydrogens (tertiary/aromatic N) is 1.